The summed E-state index contributed by atoms with van der Waals surface area (Å²) >= 11 is 0. The second-order valence-corrected chi connectivity index (χ2v) is 7.83. The molecule has 4 rings (SSSR count). The number of aromatic amines is 1. The molecule has 9 heteroatoms. The Labute approximate surface area is 139 Å². The van der Waals surface area contributed by atoms with Crippen molar-refractivity contribution in [1.29, 1.82) is 0 Å². The number of anilines is 1. The molecule has 0 saturated heterocycles. The number of hydrogen-bond donors (Lipinski definition) is 2. The highest BCUT2D eigenvalue weighted by Gasteiger charge is 2.32. The second kappa shape index (κ2) is 5.05. The SMILES string of the molecule is Cc1c[nH]c2c3c(cc(C)c12)CN(Cc1ncn(C)n1)S(=O)(=O)N3. The molecular formula is C15H18N6O2S. The maximum atomic E-state index is 12.6. The fourth-order valence-corrected chi connectivity index (χ4v) is 4.47. The van der Waals surface area contributed by atoms with E-state index in [1.807, 2.05) is 26.1 Å². The average molecular weight is 346 g/mol. The maximum Gasteiger partial charge on any atom is 0.302 e. The van der Waals surface area contributed by atoms with Gasteiger partial charge < -0.3 is 4.98 Å². The predicted molar refractivity (Wildman–Crippen MR) is 90.6 cm³/mol. The van der Waals surface area contributed by atoms with Gasteiger partial charge in [-0.1, -0.05) is 6.07 Å². The zero-order chi connectivity index (χ0) is 17.1. The van der Waals surface area contributed by atoms with Crippen molar-refractivity contribution >= 4 is 26.8 Å². The van der Waals surface area contributed by atoms with Crippen LogP contribution in [0.25, 0.3) is 10.9 Å². The van der Waals surface area contributed by atoms with E-state index in [0.29, 0.717) is 11.5 Å². The summed E-state index contributed by atoms with van der Waals surface area (Å²) in [5, 5.41) is 5.23. The van der Waals surface area contributed by atoms with Gasteiger partial charge in [-0.3, -0.25) is 9.40 Å². The Bertz CT molecular complexity index is 1050. The number of aryl methyl sites for hydroxylation is 3. The van der Waals surface area contributed by atoms with E-state index >= 15 is 0 Å². The highest BCUT2D eigenvalue weighted by molar-refractivity contribution is 7.90. The lowest BCUT2D eigenvalue weighted by molar-refractivity contribution is 0.390. The molecule has 0 spiro atoms. The number of nitrogens with one attached hydrogen (secondary N) is 2. The number of rotatable bonds is 2. The molecule has 0 fully saturated rings. The summed E-state index contributed by atoms with van der Waals surface area (Å²) in [4.78, 5) is 7.30. The lowest BCUT2D eigenvalue weighted by atomic mass is 10.0. The molecule has 2 N–H and O–H groups in total. The Morgan fingerprint density at radius 3 is 2.79 bits per heavy atom. The number of aromatic nitrogens is 4. The van der Waals surface area contributed by atoms with Crippen LogP contribution in [0.1, 0.15) is 22.5 Å². The van der Waals surface area contributed by atoms with Gasteiger partial charge in [0.25, 0.3) is 0 Å². The average Bonchev–Trinajstić information content (AvgIpc) is 3.08. The number of benzene rings is 1. The van der Waals surface area contributed by atoms with Gasteiger partial charge in [-0.15, -0.1) is 0 Å². The molecule has 0 bridgehead atoms. The first kappa shape index (κ1) is 15.2. The molecule has 126 valence electrons. The van der Waals surface area contributed by atoms with E-state index in [4.69, 9.17) is 0 Å². The van der Waals surface area contributed by atoms with Crippen LogP contribution in [0.3, 0.4) is 0 Å². The zero-order valence-corrected chi connectivity index (χ0v) is 14.5. The van der Waals surface area contributed by atoms with Crippen LogP contribution in [0.2, 0.25) is 0 Å². The number of fused-ring (bicyclic) bond motifs is 3. The van der Waals surface area contributed by atoms with E-state index in [1.54, 1.807) is 18.1 Å². The second-order valence-electron chi connectivity index (χ2n) is 6.16. The van der Waals surface area contributed by atoms with Crippen LogP contribution in [-0.2, 0) is 30.3 Å². The number of hydrogen-bond acceptors (Lipinski definition) is 4. The Hall–Kier alpha value is -2.39. The van der Waals surface area contributed by atoms with Gasteiger partial charge in [0.1, 0.15) is 6.33 Å². The number of H-pyrrole nitrogens is 1. The fraction of sp³-hybridized carbons (Fsp3) is 0.333. The lowest BCUT2D eigenvalue weighted by Crippen LogP contribution is -2.39. The van der Waals surface area contributed by atoms with Gasteiger partial charge in [0.05, 0.1) is 17.7 Å². The summed E-state index contributed by atoms with van der Waals surface area (Å²) < 4.78 is 30.9. The minimum absolute atomic E-state index is 0.135. The Morgan fingerprint density at radius 1 is 1.29 bits per heavy atom. The summed E-state index contributed by atoms with van der Waals surface area (Å²) in [5.41, 5.74) is 4.63. The minimum Gasteiger partial charge on any atom is -0.359 e. The van der Waals surface area contributed by atoms with Crippen LogP contribution in [-0.4, -0.2) is 32.5 Å². The summed E-state index contributed by atoms with van der Waals surface area (Å²) in [6.45, 7) is 4.47. The van der Waals surface area contributed by atoms with Crippen LogP contribution < -0.4 is 4.72 Å². The Kier molecular flexibility index (Phi) is 3.19. The summed E-state index contributed by atoms with van der Waals surface area (Å²) in [6.07, 6.45) is 3.46. The third kappa shape index (κ3) is 2.28. The van der Waals surface area contributed by atoms with Crippen molar-refractivity contribution in [2.45, 2.75) is 26.9 Å². The van der Waals surface area contributed by atoms with Crippen LogP contribution >= 0.6 is 0 Å². The van der Waals surface area contributed by atoms with Gasteiger partial charge in [-0.05, 0) is 30.5 Å². The predicted octanol–water partition coefficient (Wildman–Crippen LogP) is 1.59. The molecule has 1 aromatic carbocycles. The van der Waals surface area contributed by atoms with Gasteiger partial charge in [0.15, 0.2) is 5.82 Å². The lowest BCUT2D eigenvalue weighted by Gasteiger charge is -2.29. The first-order chi connectivity index (χ1) is 11.3. The molecule has 2 aromatic heterocycles. The highest BCUT2D eigenvalue weighted by Crippen LogP contribution is 2.36. The van der Waals surface area contributed by atoms with Crippen molar-refractivity contribution in [2.24, 2.45) is 7.05 Å². The molecule has 0 atom stereocenters. The molecule has 8 nitrogen and oxygen atoms in total. The van der Waals surface area contributed by atoms with Crippen molar-refractivity contribution < 1.29 is 8.42 Å². The molecule has 24 heavy (non-hydrogen) atoms. The smallest absolute Gasteiger partial charge is 0.302 e. The fourth-order valence-electron chi connectivity index (χ4n) is 3.26. The highest BCUT2D eigenvalue weighted by atomic mass is 32.2. The zero-order valence-electron chi connectivity index (χ0n) is 13.7. The molecular weight excluding hydrogens is 328 g/mol. The topological polar surface area (TPSA) is 95.9 Å². The van der Waals surface area contributed by atoms with E-state index in [9.17, 15) is 8.42 Å². The van der Waals surface area contributed by atoms with E-state index < -0.39 is 10.2 Å². The van der Waals surface area contributed by atoms with Crippen LogP contribution in [0.15, 0.2) is 18.6 Å². The molecule has 1 aliphatic rings. The van der Waals surface area contributed by atoms with Crippen molar-refractivity contribution in [3.63, 3.8) is 0 Å². The quantitative estimate of drug-likeness (QED) is 0.736. The van der Waals surface area contributed by atoms with Crippen LogP contribution in [0, 0.1) is 13.8 Å². The van der Waals surface area contributed by atoms with Gasteiger partial charge in [-0.2, -0.15) is 17.8 Å². The van der Waals surface area contributed by atoms with E-state index in [2.05, 4.69) is 19.8 Å². The molecule has 0 amide bonds. The third-order valence-corrected chi connectivity index (χ3v) is 5.72. The van der Waals surface area contributed by atoms with Crippen molar-refractivity contribution in [3.8, 4) is 0 Å². The normalized spacial score (nSPS) is 17.0. The van der Waals surface area contributed by atoms with E-state index in [0.717, 1.165) is 27.6 Å². The van der Waals surface area contributed by atoms with Gasteiger partial charge >= 0.3 is 10.2 Å². The van der Waals surface area contributed by atoms with Crippen LogP contribution in [0.4, 0.5) is 5.69 Å². The monoisotopic (exact) mass is 346 g/mol. The minimum atomic E-state index is -3.65. The first-order valence-electron chi connectivity index (χ1n) is 7.58. The van der Waals surface area contributed by atoms with E-state index in [1.165, 1.54) is 4.31 Å². The van der Waals surface area contributed by atoms with Gasteiger partial charge in [0.2, 0.25) is 0 Å². The Morgan fingerprint density at radius 2 is 2.08 bits per heavy atom. The number of nitrogens with zero attached hydrogens (tertiary/aromatic N) is 4. The molecule has 0 unspecified atom stereocenters. The largest absolute Gasteiger partial charge is 0.359 e. The standard InChI is InChI=1S/C15H18N6O2S/c1-9-4-11-6-21(7-12-17-8-20(3)18-12)24(22,23)19-14(11)15-13(9)10(2)5-16-15/h4-5,8,16,19H,6-7H2,1-3H3. The summed E-state index contributed by atoms with van der Waals surface area (Å²) in [5.74, 6) is 0.472. The van der Waals surface area contributed by atoms with Crippen molar-refractivity contribution in [1.82, 2.24) is 24.1 Å². The maximum absolute atomic E-state index is 12.6. The summed E-state index contributed by atoms with van der Waals surface area (Å²) in [6, 6.07) is 2.04. The molecule has 0 saturated carbocycles. The molecule has 0 radical (unpaired) electrons. The van der Waals surface area contributed by atoms with E-state index in [-0.39, 0.29) is 13.1 Å². The van der Waals surface area contributed by atoms with Gasteiger partial charge in [0, 0.05) is 25.2 Å². The van der Waals surface area contributed by atoms with Gasteiger partial charge in [-0.25, -0.2) is 4.98 Å². The van der Waals surface area contributed by atoms with Crippen molar-refractivity contribution in [2.75, 3.05) is 4.72 Å². The first-order valence-corrected chi connectivity index (χ1v) is 9.02. The Balaban J connectivity index is 1.79. The molecule has 0 aliphatic carbocycles. The molecule has 3 aromatic rings. The van der Waals surface area contributed by atoms with Crippen molar-refractivity contribution in [3.05, 3.63) is 41.1 Å². The third-order valence-electron chi connectivity index (χ3n) is 4.32. The molecule has 3 heterocycles. The molecule has 1 aliphatic heterocycles. The summed E-state index contributed by atoms with van der Waals surface area (Å²) in [7, 11) is -1.89. The van der Waals surface area contributed by atoms with Crippen LogP contribution in [0.5, 0.6) is 0 Å².